The Morgan fingerprint density at radius 2 is 2.15 bits per heavy atom. The summed E-state index contributed by atoms with van der Waals surface area (Å²) in [5.74, 6) is 0.810. The van der Waals surface area contributed by atoms with E-state index >= 15 is 0 Å². The van der Waals surface area contributed by atoms with Gasteiger partial charge in [-0.2, -0.15) is 0 Å². The van der Waals surface area contributed by atoms with E-state index in [1.165, 1.54) is 0 Å². The van der Waals surface area contributed by atoms with Crippen molar-refractivity contribution in [3.8, 4) is 5.75 Å². The second kappa shape index (κ2) is 6.86. The largest absolute Gasteiger partial charge is 0.493 e. The Kier molecular flexibility index (Phi) is 4.90. The van der Waals surface area contributed by atoms with Gasteiger partial charge in [-0.05, 0) is 25.0 Å². The normalized spacial score (nSPS) is 10.5. The summed E-state index contributed by atoms with van der Waals surface area (Å²) < 4.78 is 7.31. The van der Waals surface area contributed by atoms with Gasteiger partial charge >= 0.3 is 5.69 Å². The molecule has 0 amide bonds. The standard InChI is InChI=1S/C15H19N3O2/c1-12-10-17-15(19)18(11-12)7-4-8-20-14-6-3-2-5-13(14)9-16/h2-3,5-6,10-11H,4,7-9,16H2,1H3. The molecule has 5 nitrogen and oxygen atoms in total. The van der Waals surface area contributed by atoms with Gasteiger partial charge in [0, 0.05) is 31.0 Å². The van der Waals surface area contributed by atoms with Crippen molar-refractivity contribution in [3.63, 3.8) is 0 Å². The monoisotopic (exact) mass is 273 g/mol. The number of rotatable bonds is 6. The van der Waals surface area contributed by atoms with Crippen LogP contribution in [-0.2, 0) is 13.1 Å². The van der Waals surface area contributed by atoms with Crippen molar-refractivity contribution in [3.05, 3.63) is 58.3 Å². The fourth-order valence-corrected chi connectivity index (χ4v) is 1.96. The molecule has 2 N–H and O–H groups in total. The zero-order valence-electron chi connectivity index (χ0n) is 11.6. The Bertz CT molecular complexity index is 623. The maximum Gasteiger partial charge on any atom is 0.347 e. The number of nitrogens with zero attached hydrogens (tertiary/aromatic N) is 2. The molecule has 1 aromatic carbocycles. The number of ether oxygens (including phenoxy) is 1. The number of hydrogen-bond donors (Lipinski definition) is 1. The molecule has 0 spiro atoms. The van der Waals surface area contributed by atoms with E-state index in [2.05, 4.69) is 4.98 Å². The molecule has 0 aliphatic heterocycles. The summed E-state index contributed by atoms with van der Waals surface area (Å²) in [6.45, 7) is 3.50. The topological polar surface area (TPSA) is 70.1 Å². The lowest BCUT2D eigenvalue weighted by molar-refractivity contribution is 0.297. The third-order valence-electron chi connectivity index (χ3n) is 2.98. The van der Waals surface area contributed by atoms with Crippen LogP contribution in [0.25, 0.3) is 0 Å². The Morgan fingerprint density at radius 1 is 1.35 bits per heavy atom. The van der Waals surface area contributed by atoms with Crippen LogP contribution in [0.15, 0.2) is 41.5 Å². The third kappa shape index (κ3) is 3.68. The Hall–Kier alpha value is -2.14. The van der Waals surface area contributed by atoms with Crippen molar-refractivity contribution in [2.24, 2.45) is 5.73 Å². The first kappa shape index (κ1) is 14.3. The highest BCUT2D eigenvalue weighted by atomic mass is 16.5. The van der Waals surface area contributed by atoms with Crippen molar-refractivity contribution in [2.75, 3.05) is 6.61 Å². The van der Waals surface area contributed by atoms with E-state index in [1.54, 1.807) is 10.8 Å². The highest BCUT2D eigenvalue weighted by Crippen LogP contribution is 2.17. The molecule has 0 radical (unpaired) electrons. The fourth-order valence-electron chi connectivity index (χ4n) is 1.96. The minimum Gasteiger partial charge on any atom is -0.493 e. The van der Waals surface area contributed by atoms with Gasteiger partial charge in [0.25, 0.3) is 0 Å². The molecule has 0 bridgehead atoms. The zero-order chi connectivity index (χ0) is 14.4. The molecular weight excluding hydrogens is 254 g/mol. The molecule has 106 valence electrons. The van der Waals surface area contributed by atoms with Crippen molar-refractivity contribution in [1.29, 1.82) is 0 Å². The third-order valence-corrected chi connectivity index (χ3v) is 2.98. The van der Waals surface area contributed by atoms with Gasteiger partial charge in [-0.15, -0.1) is 0 Å². The van der Waals surface area contributed by atoms with E-state index in [9.17, 15) is 4.79 Å². The fraction of sp³-hybridized carbons (Fsp3) is 0.333. The van der Waals surface area contributed by atoms with Crippen LogP contribution in [0.1, 0.15) is 17.5 Å². The van der Waals surface area contributed by atoms with Gasteiger partial charge in [0.2, 0.25) is 0 Å². The van der Waals surface area contributed by atoms with Crippen LogP contribution in [0.2, 0.25) is 0 Å². The van der Waals surface area contributed by atoms with Crippen molar-refractivity contribution >= 4 is 0 Å². The summed E-state index contributed by atoms with van der Waals surface area (Å²) in [5, 5.41) is 0. The molecule has 0 saturated carbocycles. The van der Waals surface area contributed by atoms with Crippen LogP contribution in [0, 0.1) is 6.92 Å². The first-order valence-electron chi connectivity index (χ1n) is 6.64. The average Bonchev–Trinajstić information content (AvgIpc) is 2.47. The van der Waals surface area contributed by atoms with Crippen LogP contribution in [0.4, 0.5) is 0 Å². The summed E-state index contributed by atoms with van der Waals surface area (Å²) in [6.07, 6.45) is 4.12. The highest BCUT2D eigenvalue weighted by molar-refractivity contribution is 5.32. The summed E-state index contributed by atoms with van der Waals surface area (Å²) in [7, 11) is 0. The Labute approximate surface area is 118 Å². The molecule has 5 heteroatoms. The smallest absolute Gasteiger partial charge is 0.347 e. The first-order valence-corrected chi connectivity index (χ1v) is 6.64. The molecule has 0 saturated heterocycles. The van der Waals surface area contributed by atoms with Gasteiger partial charge in [-0.25, -0.2) is 9.78 Å². The van der Waals surface area contributed by atoms with E-state index in [0.29, 0.717) is 19.7 Å². The van der Waals surface area contributed by atoms with E-state index in [4.69, 9.17) is 10.5 Å². The number of aryl methyl sites for hydroxylation is 2. The summed E-state index contributed by atoms with van der Waals surface area (Å²) >= 11 is 0. The molecule has 1 heterocycles. The van der Waals surface area contributed by atoms with Crippen LogP contribution < -0.4 is 16.2 Å². The SMILES string of the molecule is Cc1cnc(=O)n(CCCOc2ccccc2CN)c1. The Morgan fingerprint density at radius 3 is 2.95 bits per heavy atom. The number of hydrogen-bond acceptors (Lipinski definition) is 4. The van der Waals surface area contributed by atoms with E-state index in [1.807, 2.05) is 37.4 Å². The second-order valence-electron chi connectivity index (χ2n) is 4.62. The predicted octanol–water partition coefficient (Wildman–Crippen LogP) is 1.48. The molecule has 2 aromatic rings. The molecule has 2 rings (SSSR count). The zero-order valence-corrected chi connectivity index (χ0v) is 11.6. The summed E-state index contributed by atoms with van der Waals surface area (Å²) in [4.78, 5) is 15.3. The van der Waals surface area contributed by atoms with E-state index in [0.717, 1.165) is 23.3 Å². The van der Waals surface area contributed by atoms with Crippen molar-refractivity contribution in [2.45, 2.75) is 26.4 Å². The molecular formula is C15H19N3O2. The van der Waals surface area contributed by atoms with Crippen LogP contribution in [-0.4, -0.2) is 16.2 Å². The summed E-state index contributed by atoms with van der Waals surface area (Å²) in [5.41, 5.74) is 7.38. The minimum absolute atomic E-state index is 0.224. The van der Waals surface area contributed by atoms with Gasteiger partial charge in [-0.3, -0.25) is 4.57 Å². The quantitative estimate of drug-likeness (QED) is 0.809. The van der Waals surface area contributed by atoms with Crippen LogP contribution in [0.3, 0.4) is 0 Å². The highest BCUT2D eigenvalue weighted by Gasteiger charge is 2.01. The molecule has 0 aliphatic carbocycles. The molecule has 20 heavy (non-hydrogen) atoms. The number of aromatic nitrogens is 2. The lowest BCUT2D eigenvalue weighted by Crippen LogP contribution is -2.23. The maximum atomic E-state index is 11.5. The molecule has 0 fully saturated rings. The molecule has 1 aromatic heterocycles. The van der Waals surface area contributed by atoms with Gasteiger partial charge in [0.1, 0.15) is 5.75 Å². The second-order valence-corrected chi connectivity index (χ2v) is 4.62. The van der Waals surface area contributed by atoms with Gasteiger partial charge < -0.3 is 10.5 Å². The van der Waals surface area contributed by atoms with E-state index in [-0.39, 0.29) is 5.69 Å². The van der Waals surface area contributed by atoms with Gasteiger partial charge in [-0.1, -0.05) is 18.2 Å². The Balaban J connectivity index is 1.87. The van der Waals surface area contributed by atoms with E-state index < -0.39 is 0 Å². The number of benzene rings is 1. The minimum atomic E-state index is -0.224. The first-order chi connectivity index (χ1) is 9.70. The summed E-state index contributed by atoms with van der Waals surface area (Å²) in [6, 6.07) is 7.71. The van der Waals surface area contributed by atoms with Crippen molar-refractivity contribution < 1.29 is 4.74 Å². The predicted molar refractivity (Wildman–Crippen MR) is 77.7 cm³/mol. The van der Waals surface area contributed by atoms with Crippen molar-refractivity contribution in [1.82, 2.24) is 9.55 Å². The molecule has 0 atom stereocenters. The number of nitrogens with two attached hydrogens (primary N) is 1. The lowest BCUT2D eigenvalue weighted by atomic mass is 10.2. The average molecular weight is 273 g/mol. The maximum absolute atomic E-state index is 11.5. The number of para-hydroxylation sites is 1. The van der Waals surface area contributed by atoms with Crippen LogP contribution in [0.5, 0.6) is 5.75 Å². The van der Waals surface area contributed by atoms with Crippen LogP contribution >= 0.6 is 0 Å². The molecule has 0 unspecified atom stereocenters. The van der Waals surface area contributed by atoms with Gasteiger partial charge in [0.05, 0.1) is 6.61 Å². The lowest BCUT2D eigenvalue weighted by Gasteiger charge is -2.10. The van der Waals surface area contributed by atoms with Gasteiger partial charge in [0.15, 0.2) is 0 Å². The molecule has 0 aliphatic rings.